The molecule has 3 fully saturated rings. The van der Waals surface area contributed by atoms with Crippen molar-refractivity contribution in [2.45, 2.75) is 81.8 Å². The number of quaternary nitrogens is 1. The number of amides is 2. The molecule has 3 aliphatic heterocycles. The number of piperidine rings is 1. The topological polar surface area (TPSA) is 215 Å². The fourth-order valence-electron chi connectivity index (χ4n) is 8.86. The van der Waals surface area contributed by atoms with Crippen LogP contribution in [0.4, 0.5) is 29.3 Å². The summed E-state index contributed by atoms with van der Waals surface area (Å²) in [5.74, 6) is -2.65. The highest BCUT2D eigenvalue weighted by Crippen LogP contribution is 2.51. The van der Waals surface area contributed by atoms with E-state index in [1.54, 1.807) is 18.2 Å². The van der Waals surface area contributed by atoms with E-state index < -0.39 is 24.3 Å². The lowest BCUT2D eigenvalue weighted by Crippen LogP contribution is -2.60. The number of phenolic OH excluding ortho intramolecular Hbond substituents is 1. The first-order chi connectivity index (χ1) is 30.9. The summed E-state index contributed by atoms with van der Waals surface area (Å²) < 4.78 is 50.3. The molecular formula is C47H50F3N5O10. The molecule has 15 nitrogen and oxygen atoms in total. The van der Waals surface area contributed by atoms with Crippen LogP contribution in [0.2, 0.25) is 0 Å². The molecule has 6 N–H and O–H groups in total. The van der Waals surface area contributed by atoms with Gasteiger partial charge in [-0.15, -0.1) is 0 Å². The number of pyridine rings is 1. The third-order valence-electron chi connectivity index (χ3n) is 12.2. The molecule has 0 aliphatic carbocycles. The predicted octanol–water partition coefficient (Wildman–Crippen LogP) is 5.30. The number of fused-ring (bicyclic) bond motifs is 6. The van der Waals surface area contributed by atoms with Crippen molar-refractivity contribution in [2.75, 3.05) is 37.9 Å². The number of carboxylic acid groups (broad SMARTS) is 1. The predicted molar refractivity (Wildman–Crippen MR) is 232 cm³/mol. The number of halogens is 3. The molecule has 65 heavy (non-hydrogen) atoms. The van der Waals surface area contributed by atoms with Crippen LogP contribution in [0.5, 0.6) is 11.5 Å². The van der Waals surface area contributed by atoms with Gasteiger partial charge in [0.15, 0.2) is 0 Å². The zero-order valence-corrected chi connectivity index (χ0v) is 35.8. The molecule has 18 heteroatoms. The Kier molecular flexibility index (Phi) is 13.8. The van der Waals surface area contributed by atoms with Gasteiger partial charge < -0.3 is 54.4 Å². The Morgan fingerprint density at radius 3 is 2.34 bits per heavy atom. The van der Waals surface area contributed by atoms with Crippen molar-refractivity contribution in [2.24, 2.45) is 0 Å². The van der Waals surface area contributed by atoms with Crippen molar-refractivity contribution in [1.29, 1.82) is 0 Å². The second-order valence-electron chi connectivity index (χ2n) is 16.7. The summed E-state index contributed by atoms with van der Waals surface area (Å²) in [6, 6.07) is 27.9. The zero-order valence-electron chi connectivity index (χ0n) is 35.8. The summed E-state index contributed by atoms with van der Waals surface area (Å²) in [6.07, 6.45) is -4.01. The number of epoxide rings is 1. The first-order valence-corrected chi connectivity index (χ1v) is 21.1. The second-order valence-corrected chi connectivity index (χ2v) is 16.7. The van der Waals surface area contributed by atoms with Crippen molar-refractivity contribution >= 4 is 40.2 Å². The van der Waals surface area contributed by atoms with Crippen molar-refractivity contribution < 1.29 is 61.6 Å². The Balaban J connectivity index is 0.000000833. The number of ether oxygens (including phenoxy) is 3. The van der Waals surface area contributed by atoms with Crippen molar-refractivity contribution in [1.82, 2.24) is 10.3 Å². The second kappa shape index (κ2) is 19.3. The van der Waals surface area contributed by atoms with E-state index in [9.17, 15) is 37.8 Å². The number of nitrogens with one attached hydrogen (secondary N) is 4. The molecule has 3 aliphatic rings. The minimum atomic E-state index is -5.19. The monoisotopic (exact) mass is 901 g/mol. The van der Waals surface area contributed by atoms with Crippen molar-refractivity contribution in [3.63, 3.8) is 0 Å². The van der Waals surface area contributed by atoms with Crippen LogP contribution < -0.4 is 31.4 Å². The van der Waals surface area contributed by atoms with E-state index >= 15 is 0 Å². The van der Waals surface area contributed by atoms with E-state index in [0.29, 0.717) is 59.7 Å². The molecule has 344 valence electrons. The first kappa shape index (κ1) is 46.5. The smallest absolute Gasteiger partial charge is 0.430 e. The summed E-state index contributed by atoms with van der Waals surface area (Å²) in [6.45, 7) is 2.88. The van der Waals surface area contributed by atoms with Gasteiger partial charge >= 0.3 is 12.3 Å². The van der Waals surface area contributed by atoms with E-state index in [0.717, 1.165) is 39.6 Å². The molecule has 6 atom stereocenters. The van der Waals surface area contributed by atoms with Crippen LogP contribution in [-0.4, -0.2) is 101 Å². The van der Waals surface area contributed by atoms with Gasteiger partial charge in [0.25, 0.3) is 0 Å². The highest BCUT2D eigenvalue weighted by molar-refractivity contribution is 5.93. The zero-order chi connectivity index (χ0) is 46.6. The number of aryl methyl sites for hydroxylation is 1. The number of carbonyl (C=O) groups excluding carboxylic acids is 3. The standard InChI is InChI=1S/C45H49N5O8.C2HF3O2/c1-4-56-39-21-29(13-12-28(39)24-46-25-38(52)32-15-17-37(51)42-33(32)16-19-41(54)49-42)47-40(53)18-11-26-10-14-31(27-8-6-5-7-9-27)34(20-26)48-45(55)57-30-22-35-43-44(58-43)36(23-30)50(35,2)3;3-2(4,5)1(6)7/h5-10,12-17,19-21,30,35-36,38,43-44,46,52H,4,11,18,22-25H2,1-3H3,(H3-,47,48,49,51,53,54,55);(H,6,7)/t30?,35-,36+,38-,43-,44+;/m0./s1. The maximum absolute atomic E-state index is 13.4. The molecule has 2 bridgehead atoms. The number of hydrogen-bond donors (Lipinski definition) is 6. The van der Waals surface area contributed by atoms with Gasteiger partial charge in [-0.25, -0.2) is 4.79 Å². The van der Waals surface area contributed by atoms with E-state index in [1.165, 1.54) is 12.1 Å². The van der Waals surface area contributed by atoms with Crippen LogP contribution in [0.3, 0.4) is 0 Å². The van der Waals surface area contributed by atoms with E-state index in [-0.39, 0.29) is 54.0 Å². The van der Waals surface area contributed by atoms with Gasteiger partial charge in [0.05, 0.1) is 38.0 Å². The largest absolute Gasteiger partial charge is 0.542 e. The van der Waals surface area contributed by atoms with E-state index in [1.807, 2.05) is 67.6 Å². The van der Waals surface area contributed by atoms with Gasteiger partial charge in [-0.3, -0.25) is 14.9 Å². The number of alkyl halides is 3. The first-order valence-electron chi connectivity index (χ1n) is 21.1. The van der Waals surface area contributed by atoms with Gasteiger partial charge in [-0.2, -0.15) is 13.2 Å². The Hall–Kier alpha value is -6.47. The fourth-order valence-corrected chi connectivity index (χ4v) is 8.86. The average Bonchev–Trinajstić information content (AvgIpc) is 4.03. The number of aromatic nitrogens is 1. The number of aliphatic carboxylic acids is 1. The van der Waals surface area contributed by atoms with Crippen LogP contribution in [-0.2, 0) is 32.0 Å². The lowest BCUT2D eigenvalue weighted by molar-refractivity contribution is -0.938. The number of carbonyl (C=O) groups is 3. The van der Waals surface area contributed by atoms with E-state index in [2.05, 4.69) is 35.0 Å². The molecule has 4 heterocycles. The van der Waals surface area contributed by atoms with Crippen LogP contribution in [0.1, 0.15) is 49.0 Å². The highest BCUT2D eigenvalue weighted by atomic mass is 19.4. The number of aromatic hydroxyl groups is 1. The highest BCUT2D eigenvalue weighted by Gasteiger charge is 2.70. The van der Waals surface area contributed by atoms with Gasteiger partial charge in [0, 0.05) is 66.7 Å². The van der Waals surface area contributed by atoms with Crippen LogP contribution in [0.15, 0.2) is 95.8 Å². The molecule has 4 aromatic carbocycles. The number of morpholine rings is 1. The number of rotatable bonds is 14. The molecule has 0 saturated carbocycles. The van der Waals surface area contributed by atoms with Gasteiger partial charge in [-0.1, -0.05) is 54.6 Å². The number of nitrogens with zero attached hydrogens (tertiary/aromatic N) is 1. The molecule has 0 radical (unpaired) electrons. The number of likely N-dealkylation sites (N-methyl/N-ethyl adjacent to an activating group) is 1. The number of aliphatic hydroxyl groups excluding tert-OH is 1. The van der Waals surface area contributed by atoms with Crippen molar-refractivity contribution in [3.05, 3.63) is 118 Å². The minimum Gasteiger partial charge on any atom is -0.542 e. The summed E-state index contributed by atoms with van der Waals surface area (Å²) in [5.41, 5.74) is 5.27. The van der Waals surface area contributed by atoms with Gasteiger partial charge in [0.1, 0.15) is 47.9 Å². The van der Waals surface area contributed by atoms with Crippen LogP contribution in [0, 0.1) is 0 Å². The lowest BCUT2D eigenvalue weighted by Gasteiger charge is -2.45. The van der Waals surface area contributed by atoms with Gasteiger partial charge in [-0.05, 0) is 54.3 Å². The SMILES string of the molecule is CCOc1cc(NC(=O)CCc2ccc(-c3ccccc3)c(NC(=O)OC3C[C@@H]4[C@H]5O[C@H]5[C@H](C3)[N+]4(C)C)c2)ccc1CNC[C@H](O)c1ccc(O)c2[nH]c(=O)ccc12.O=C([O-])C(F)(F)F. The summed E-state index contributed by atoms with van der Waals surface area (Å²) >= 11 is 0. The number of benzene rings is 4. The number of anilines is 2. The third kappa shape index (κ3) is 10.9. The van der Waals surface area contributed by atoms with Crippen LogP contribution >= 0.6 is 0 Å². The molecular weight excluding hydrogens is 852 g/mol. The molecule has 1 aromatic heterocycles. The van der Waals surface area contributed by atoms with Crippen molar-refractivity contribution in [3.8, 4) is 22.6 Å². The Labute approximate surface area is 371 Å². The Morgan fingerprint density at radius 1 is 0.954 bits per heavy atom. The number of hydrogen-bond acceptors (Lipinski definition) is 11. The number of phenols is 1. The Bertz CT molecular complexity index is 2590. The molecule has 3 saturated heterocycles. The summed E-state index contributed by atoms with van der Waals surface area (Å²) in [5, 5.41) is 39.8. The number of aromatic amines is 1. The number of carboxylic acids is 1. The Morgan fingerprint density at radius 2 is 1.66 bits per heavy atom. The lowest BCUT2D eigenvalue weighted by atomic mass is 9.96. The molecule has 8 rings (SSSR count). The third-order valence-corrected chi connectivity index (χ3v) is 12.2. The number of H-pyrrole nitrogens is 1. The van der Waals surface area contributed by atoms with E-state index in [4.69, 9.17) is 24.1 Å². The molecule has 1 unspecified atom stereocenters. The van der Waals surface area contributed by atoms with Crippen LogP contribution in [0.25, 0.3) is 22.0 Å². The molecule has 5 aromatic rings. The molecule has 0 spiro atoms. The fraction of sp³-hybridized carbons (Fsp3) is 0.362. The maximum atomic E-state index is 13.4. The maximum Gasteiger partial charge on any atom is 0.430 e. The quantitative estimate of drug-likeness (QED) is 0.0622. The average molecular weight is 902 g/mol. The summed E-state index contributed by atoms with van der Waals surface area (Å²) in [7, 11) is 4.50. The normalized spacial score (nSPS) is 20.7. The molecule has 2 amide bonds. The van der Waals surface area contributed by atoms with Gasteiger partial charge in [0.2, 0.25) is 11.5 Å². The number of aliphatic hydroxyl groups is 1. The minimum absolute atomic E-state index is 0.0690. The summed E-state index contributed by atoms with van der Waals surface area (Å²) in [4.78, 5) is 49.8.